The Bertz CT molecular complexity index is 166. The molecule has 0 amide bonds. The molecule has 0 heteroatoms. The summed E-state index contributed by atoms with van der Waals surface area (Å²) >= 11 is 0. The molecule has 2 fully saturated rings. The molecule has 0 radical (unpaired) electrons. The summed E-state index contributed by atoms with van der Waals surface area (Å²) in [7, 11) is 0. The van der Waals surface area contributed by atoms with Crippen molar-refractivity contribution in [3.8, 4) is 0 Å². The van der Waals surface area contributed by atoms with Gasteiger partial charge in [-0.2, -0.15) is 0 Å². The van der Waals surface area contributed by atoms with Gasteiger partial charge < -0.3 is 0 Å². The average molecular weight is 208 g/mol. The lowest BCUT2D eigenvalue weighted by Crippen LogP contribution is -2.20. The van der Waals surface area contributed by atoms with Crippen LogP contribution in [0.15, 0.2) is 0 Å². The van der Waals surface area contributed by atoms with Gasteiger partial charge in [0.05, 0.1) is 0 Å². The summed E-state index contributed by atoms with van der Waals surface area (Å²) in [4.78, 5) is 0. The second kappa shape index (κ2) is 4.47. The molecule has 0 aliphatic heterocycles. The zero-order valence-corrected chi connectivity index (χ0v) is 11.0. The first-order valence-corrected chi connectivity index (χ1v) is 7.09. The molecule has 88 valence electrons. The van der Waals surface area contributed by atoms with Crippen LogP contribution in [0.2, 0.25) is 0 Å². The van der Waals surface area contributed by atoms with E-state index in [1.165, 1.54) is 32.1 Å². The fraction of sp³-hybridized carbons (Fsp3) is 1.00. The van der Waals surface area contributed by atoms with E-state index in [1.54, 1.807) is 0 Å². The quantitative estimate of drug-likeness (QED) is 0.615. The van der Waals surface area contributed by atoms with Gasteiger partial charge in [-0.3, -0.25) is 0 Å². The maximum atomic E-state index is 2.48. The molecule has 2 aliphatic carbocycles. The monoisotopic (exact) mass is 208 g/mol. The molecule has 2 rings (SSSR count). The summed E-state index contributed by atoms with van der Waals surface area (Å²) in [6.45, 7) is 9.94. The molecule has 0 aromatic heterocycles. The number of rotatable bonds is 2. The van der Waals surface area contributed by atoms with E-state index in [0.717, 1.165) is 35.5 Å². The van der Waals surface area contributed by atoms with E-state index in [-0.39, 0.29) is 0 Å². The van der Waals surface area contributed by atoms with E-state index in [2.05, 4.69) is 27.7 Å². The van der Waals surface area contributed by atoms with Crippen molar-refractivity contribution in [2.45, 2.75) is 59.8 Å². The van der Waals surface area contributed by atoms with E-state index in [0.29, 0.717) is 0 Å². The van der Waals surface area contributed by atoms with Crippen molar-refractivity contribution < 1.29 is 0 Å². The largest absolute Gasteiger partial charge is 0.0622 e. The van der Waals surface area contributed by atoms with Gasteiger partial charge in [0, 0.05) is 0 Å². The second-order valence-electron chi connectivity index (χ2n) is 6.63. The van der Waals surface area contributed by atoms with Crippen molar-refractivity contribution in [2.75, 3.05) is 0 Å². The smallest absolute Gasteiger partial charge is 0.0360 e. The predicted molar refractivity (Wildman–Crippen MR) is 66.7 cm³/mol. The number of hydrogen-bond acceptors (Lipinski definition) is 0. The Morgan fingerprint density at radius 1 is 0.600 bits per heavy atom. The molecule has 0 saturated heterocycles. The molecule has 2 aliphatic rings. The molecule has 0 heterocycles. The molecule has 0 nitrogen and oxygen atoms in total. The molecule has 0 N–H and O–H groups in total. The van der Waals surface area contributed by atoms with Crippen LogP contribution in [0.25, 0.3) is 0 Å². The second-order valence-corrected chi connectivity index (χ2v) is 6.63. The summed E-state index contributed by atoms with van der Waals surface area (Å²) in [6.07, 6.45) is 7.48. The molecule has 15 heavy (non-hydrogen) atoms. The highest BCUT2D eigenvalue weighted by atomic mass is 14.4. The molecule has 0 spiro atoms. The van der Waals surface area contributed by atoms with Gasteiger partial charge in [0.1, 0.15) is 0 Å². The van der Waals surface area contributed by atoms with Crippen LogP contribution in [0.1, 0.15) is 59.8 Å². The van der Waals surface area contributed by atoms with E-state index in [4.69, 9.17) is 0 Å². The Kier molecular flexibility index (Phi) is 3.42. The Labute approximate surface area is 95.8 Å². The van der Waals surface area contributed by atoms with Crippen LogP contribution in [-0.2, 0) is 0 Å². The van der Waals surface area contributed by atoms with Crippen molar-refractivity contribution in [1.29, 1.82) is 0 Å². The van der Waals surface area contributed by atoms with Gasteiger partial charge in [0.15, 0.2) is 0 Å². The van der Waals surface area contributed by atoms with Gasteiger partial charge in [0.2, 0.25) is 0 Å². The molecule has 0 aromatic carbocycles. The highest BCUT2D eigenvalue weighted by Crippen LogP contribution is 2.46. The Balaban J connectivity index is 1.95. The van der Waals surface area contributed by atoms with Crippen molar-refractivity contribution in [3.63, 3.8) is 0 Å². The SMILES string of the molecule is C[C@@H]1CC[C@@H](C)C1CC1[C@H](C)CC[C@H]1C. The van der Waals surface area contributed by atoms with Crippen molar-refractivity contribution >= 4 is 0 Å². The zero-order valence-electron chi connectivity index (χ0n) is 11.0. The molecular formula is C15H28. The van der Waals surface area contributed by atoms with Crippen LogP contribution in [0.4, 0.5) is 0 Å². The van der Waals surface area contributed by atoms with Gasteiger partial charge in [-0.15, -0.1) is 0 Å². The average Bonchev–Trinajstić information content (AvgIpc) is 2.67. The summed E-state index contributed by atoms with van der Waals surface area (Å²) in [5.41, 5.74) is 0. The standard InChI is InChI=1S/C15H28/c1-10-5-6-11(2)14(10)9-15-12(3)7-8-13(15)4/h10-15H,5-9H2,1-4H3/t10-,11-,12-,13-/m1/s1. The first-order valence-electron chi connectivity index (χ1n) is 7.09. The van der Waals surface area contributed by atoms with E-state index in [9.17, 15) is 0 Å². The summed E-state index contributed by atoms with van der Waals surface area (Å²) in [5, 5.41) is 0. The normalized spacial score (nSPS) is 44.0. The third kappa shape index (κ3) is 2.24. The third-order valence-corrected chi connectivity index (χ3v) is 5.62. The van der Waals surface area contributed by atoms with Crippen LogP contribution in [0.3, 0.4) is 0 Å². The minimum absolute atomic E-state index is 1.000. The zero-order chi connectivity index (χ0) is 11.0. The molecule has 4 atom stereocenters. The van der Waals surface area contributed by atoms with Crippen molar-refractivity contribution in [2.24, 2.45) is 35.5 Å². The number of hydrogen-bond donors (Lipinski definition) is 0. The summed E-state index contributed by atoms with van der Waals surface area (Å²) in [5.74, 6) is 6.08. The lowest BCUT2D eigenvalue weighted by molar-refractivity contribution is 0.212. The van der Waals surface area contributed by atoms with Gasteiger partial charge >= 0.3 is 0 Å². The molecule has 0 unspecified atom stereocenters. The van der Waals surface area contributed by atoms with Gasteiger partial charge in [-0.05, 0) is 41.9 Å². The first kappa shape index (κ1) is 11.5. The van der Waals surface area contributed by atoms with E-state index >= 15 is 0 Å². The fourth-order valence-corrected chi connectivity index (χ4v) is 4.27. The highest BCUT2D eigenvalue weighted by molar-refractivity contribution is 4.87. The van der Waals surface area contributed by atoms with Crippen LogP contribution >= 0.6 is 0 Å². The Morgan fingerprint density at radius 3 is 1.13 bits per heavy atom. The molecular weight excluding hydrogens is 180 g/mol. The van der Waals surface area contributed by atoms with Crippen molar-refractivity contribution in [3.05, 3.63) is 0 Å². The van der Waals surface area contributed by atoms with Crippen LogP contribution in [-0.4, -0.2) is 0 Å². The van der Waals surface area contributed by atoms with Gasteiger partial charge in [0.25, 0.3) is 0 Å². The van der Waals surface area contributed by atoms with Crippen molar-refractivity contribution in [1.82, 2.24) is 0 Å². The fourth-order valence-electron chi connectivity index (χ4n) is 4.27. The van der Waals surface area contributed by atoms with Crippen LogP contribution < -0.4 is 0 Å². The third-order valence-electron chi connectivity index (χ3n) is 5.62. The first-order chi connectivity index (χ1) is 7.09. The van der Waals surface area contributed by atoms with Crippen LogP contribution in [0, 0.1) is 35.5 Å². The topological polar surface area (TPSA) is 0 Å². The Hall–Kier alpha value is 0. The van der Waals surface area contributed by atoms with Gasteiger partial charge in [-0.25, -0.2) is 0 Å². The summed E-state index contributed by atoms with van der Waals surface area (Å²) in [6, 6.07) is 0. The van der Waals surface area contributed by atoms with Crippen LogP contribution in [0.5, 0.6) is 0 Å². The highest BCUT2D eigenvalue weighted by Gasteiger charge is 2.37. The van der Waals surface area contributed by atoms with Gasteiger partial charge in [-0.1, -0.05) is 53.4 Å². The minimum Gasteiger partial charge on any atom is -0.0622 e. The lowest BCUT2D eigenvalue weighted by atomic mass is 9.77. The Morgan fingerprint density at radius 2 is 0.867 bits per heavy atom. The van der Waals surface area contributed by atoms with E-state index in [1.807, 2.05) is 0 Å². The predicted octanol–water partition coefficient (Wildman–Crippen LogP) is 4.74. The summed E-state index contributed by atoms with van der Waals surface area (Å²) < 4.78 is 0. The lowest BCUT2D eigenvalue weighted by Gasteiger charge is -2.28. The molecule has 0 aromatic rings. The maximum absolute atomic E-state index is 2.48. The molecule has 2 saturated carbocycles. The molecule has 0 bridgehead atoms. The minimum atomic E-state index is 1.000. The van der Waals surface area contributed by atoms with E-state index < -0.39 is 0 Å². The maximum Gasteiger partial charge on any atom is -0.0360 e.